The molecule has 0 saturated carbocycles. The topological polar surface area (TPSA) is 0 Å². The molecular weight excluding hydrogens is 204 g/mol. The third-order valence-electron chi connectivity index (χ3n) is 3.26. The highest BCUT2D eigenvalue weighted by Crippen LogP contribution is 2.08. The van der Waals surface area contributed by atoms with Crippen molar-refractivity contribution in [2.24, 2.45) is 0 Å². The molecule has 0 atom stereocenters. The van der Waals surface area contributed by atoms with Gasteiger partial charge in [-0.3, -0.25) is 0 Å². The first-order chi connectivity index (χ1) is 8.41. The standard InChI is InChI=1S/C17H33/c1-3-5-7-9-11-13-15-17-16-14-12-10-8-6-4-2/h16-17H,1,3-15H2,2H3. The third kappa shape index (κ3) is 15.7. The van der Waals surface area contributed by atoms with Gasteiger partial charge in [0.15, 0.2) is 0 Å². The van der Waals surface area contributed by atoms with Gasteiger partial charge in [0.05, 0.1) is 0 Å². The van der Waals surface area contributed by atoms with Crippen LogP contribution in [-0.2, 0) is 0 Å². The molecule has 0 aromatic heterocycles. The van der Waals surface area contributed by atoms with Crippen LogP contribution in [0.15, 0.2) is 12.2 Å². The minimum atomic E-state index is 1.11. The highest BCUT2D eigenvalue weighted by Gasteiger charge is 1.89. The molecule has 1 radical (unpaired) electrons. The predicted octanol–water partition coefficient (Wildman–Crippen LogP) is 6.47. The molecule has 0 aromatic carbocycles. The molecule has 0 aliphatic rings. The number of rotatable bonds is 13. The van der Waals surface area contributed by atoms with E-state index in [0.717, 1.165) is 6.42 Å². The second-order valence-electron chi connectivity index (χ2n) is 5.08. The predicted molar refractivity (Wildman–Crippen MR) is 80.2 cm³/mol. The smallest absolute Gasteiger partial charge is 0.0351 e. The van der Waals surface area contributed by atoms with E-state index in [1.807, 2.05) is 0 Å². The number of hydrogen-bond donors (Lipinski definition) is 0. The zero-order valence-electron chi connectivity index (χ0n) is 12.1. The first-order valence-electron chi connectivity index (χ1n) is 7.86. The Morgan fingerprint density at radius 2 is 1.12 bits per heavy atom. The summed E-state index contributed by atoms with van der Waals surface area (Å²) in [6, 6.07) is 0. The fourth-order valence-corrected chi connectivity index (χ4v) is 2.07. The van der Waals surface area contributed by atoms with Crippen molar-refractivity contribution in [3.63, 3.8) is 0 Å². The van der Waals surface area contributed by atoms with Crippen LogP contribution < -0.4 is 0 Å². The second-order valence-corrected chi connectivity index (χ2v) is 5.08. The average molecular weight is 237 g/mol. The van der Waals surface area contributed by atoms with E-state index in [9.17, 15) is 0 Å². The van der Waals surface area contributed by atoms with Crippen LogP contribution in [0, 0.1) is 6.92 Å². The van der Waals surface area contributed by atoms with E-state index < -0.39 is 0 Å². The minimum Gasteiger partial charge on any atom is -0.0885 e. The molecule has 0 amide bonds. The molecule has 0 rings (SSSR count). The third-order valence-corrected chi connectivity index (χ3v) is 3.26. The van der Waals surface area contributed by atoms with Gasteiger partial charge in [0.25, 0.3) is 0 Å². The van der Waals surface area contributed by atoms with E-state index in [2.05, 4.69) is 26.0 Å². The van der Waals surface area contributed by atoms with E-state index >= 15 is 0 Å². The van der Waals surface area contributed by atoms with E-state index in [1.54, 1.807) is 0 Å². The number of hydrogen-bond acceptors (Lipinski definition) is 0. The zero-order chi connectivity index (χ0) is 12.6. The van der Waals surface area contributed by atoms with Crippen LogP contribution in [0.25, 0.3) is 0 Å². The lowest BCUT2D eigenvalue weighted by atomic mass is 10.1. The highest BCUT2D eigenvalue weighted by atomic mass is 13.9. The summed E-state index contributed by atoms with van der Waals surface area (Å²) in [7, 11) is 0. The lowest BCUT2D eigenvalue weighted by molar-refractivity contribution is 0.619. The molecule has 0 N–H and O–H groups in total. The summed E-state index contributed by atoms with van der Waals surface area (Å²) in [6.45, 7) is 6.14. The molecule has 0 fully saturated rings. The van der Waals surface area contributed by atoms with E-state index in [4.69, 9.17) is 0 Å². The van der Waals surface area contributed by atoms with Crippen molar-refractivity contribution in [3.05, 3.63) is 19.1 Å². The molecule has 0 heteroatoms. The van der Waals surface area contributed by atoms with Crippen LogP contribution in [0.4, 0.5) is 0 Å². The maximum absolute atomic E-state index is 3.87. The Bertz CT molecular complexity index is 146. The van der Waals surface area contributed by atoms with Gasteiger partial charge in [0.2, 0.25) is 0 Å². The van der Waals surface area contributed by atoms with Gasteiger partial charge in [-0.2, -0.15) is 0 Å². The summed E-state index contributed by atoms with van der Waals surface area (Å²) in [6.07, 6.45) is 22.4. The van der Waals surface area contributed by atoms with E-state index in [1.165, 1.54) is 77.0 Å². The normalized spacial score (nSPS) is 11.4. The van der Waals surface area contributed by atoms with Gasteiger partial charge in [-0.25, -0.2) is 0 Å². The Morgan fingerprint density at radius 1 is 0.647 bits per heavy atom. The van der Waals surface area contributed by atoms with Crippen molar-refractivity contribution >= 4 is 0 Å². The zero-order valence-corrected chi connectivity index (χ0v) is 12.1. The van der Waals surface area contributed by atoms with Crippen LogP contribution >= 0.6 is 0 Å². The molecule has 0 spiro atoms. The van der Waals surface area contributed by atoms with Gasteiger partial charge < -0.3 is 0 Å². The molecule has 101 valence electrons. The second kappa shape index (κ2) is 15.7. The SMILES string of the molecule is [CH2]CCCCCCCC=CCCCCCCC. The van der Waals surface area contributed by atoms with Crippen LogP contribution in [0.3, 0.4) is 0 Å². The van der Waals surface area contributed by atoms with E-state index in [0.29, 0.717) is 0 Å². The maximum Gasteiger partial charge on any atom is -0.0351 e. The molecule has 0 heterocycles. The lowest BCUT2D eigenvalue weighted by Crippen LogP contribution is -1.78. The van der Waals surface area contributed by atoms with Gasteiger partial charge in [0.1, 0.15) is 0 Å². The maximum atomic E-state index is 3.87. The molecule has 0 aliphatic heterocycles. The van der Waals surface area contributed by atoms with Crippen molar-refractivity contribution < 1.29 is 0 Å². The summed E-state index contributed by atoms with van der Waals surface area (Å²) in [5, 5.41) is 0. The largest absolute Gasteiger partial charge is 0.0885 e. The molecule has 0 bridgehead atoms. The molecule has 0 unspecified atom stereocenters. The summed E-state index contributed by atoms with van der Waals surface area (Å²) >= 11 is 0. The van der Waals surface area contributed by atoms with Gasteiger partial charge in [-0.1, -0.05) is 83.8 Å². The lowest BCUT2D eigenvalue weighted by Gasteiger charge is -1.98. The first kappa shape index (κ1) is 16.7. The van der Waals surface area contributed by atoms with Crippen molar-refractivity contribution in [2.45, 2.75) is 90.4 Å². The Labute approximate surface area is 110 Å². The highest BCUT2D eigenvalue weighted by molar-refractivity contribution is 4.81. The minimum absolute atomic E-state index is 1.11. The summed E-state index contributed by atoms with van der Waals surface area (Å²) in [4.78, 5) is 0. The molecule has 0 aromatic rings. The van der Waals surface area contributed by atoms with Gasteiger partial charge >= 0.3 is 0 Å². The summed E-state index contributed by atoms with van der Waals surface area (Å²) < 4.78 is 0. The van der Waals surface area contributed by atoms with Crippen molar-refractivity contribution in [2.75, 3.05) is 0 Å². The molecule has 0 saturated heterocycles. The van der Waals surface area contributed by atoms with Gasteiger partial charge in [-0.15, -0.1) is 0 Å². The van der Waals surface area contributed by atoms with Gasteiger partial charge in [0, 0.05) is 0 Å². The van der Waals surface area contributed by atoms with Crippen LogP contribution in [0.1, 0.15) is 90.4 Å². The Hall–Kier alpha value is -0.260. The van der Waals surface area contributed by atoms with Crippen LogP contribution in [0.5, 0.6) is 0 Å². The quantitative estimate of drug-likeness (QED) is 0.254. The first-order valence-corrected chi connectivity index (χ1v) is 7.86. The van der Waals surface area contributed by atoms with Crippen molar-refractivity contribution in [1.29, 1.82) is 0 Å². The Balaban J connectivity index is 2.99. The van der Waals surface area contributed by atoms with Crippen molar-refractivity contribution in [3.8, 4) is 0 Å². The summed E-state index contributed by atoms with van der Waals surface area (Å²) in [5.41, 5.74) is 0. The molecule has 0 nitrogen and oxygen atoms in total. The van der Waals surface area contributed by atoms with E-state index in [-0.39, 0.29) is 0 Å². The molecular formula is C17H33. The monoisotopic (exact) mass is 237 g/mol. The van der Waals surface area contributed by atoms with Crippen LogP contribution in [0.2, 0.25) is 0 Å². The van der Waals surface area contributed by atoms with Crippen LogP contribution in [-0.4, -0.2) is 0 Å². The van der Waals surface area contributed by atoms with Crippen molar-refractivity contribution in [1.82, 2.24) is 0 Å². The summed E-state index contributed by atoms with van der Waals surface area (Å²) in [5.74, 6) is 0. The average Bonchev–Trinajstić information content (AvgIpc) is 2.35. The van der Waals surface area contributed by atoms with Gasteiger partial charge in [-0.05, 0) is 25.7 Å². The Morgan fingerprint density at radius 3 is 1.65 bits per heavy atom. The molecule has 0 aliphatic carbocycles. The fourth-order valence-electron chi connectivity index (χ4n) is 2.07. The number of unbranched alkanes of at least 4 members (excludes halogenated alkanes) is 11. The fraction of sp³-hybridized carbons (Fsp3) is 0.824. The molecule has 17 heavy (non-hydrogen) atoms. The Kier molecular flexibility index (Phi) is 15.5. The number of allylic oxidation sites excluding steroid dienone is 2.